The second-order valence-corrected chi connectivity index (χ2v) is 9.93. The lowest BCUT2D eigenvalue weighted by molar-refractivity contribution is -0.149. The molecule has 32 heavy (non-hydrogen) atoms. The SMILES string of the molecule is CC(C)OC(=O)[C@H](Cc1cccc(OS(=O)(=O)c2ccccc2)c1)NC(=O)OC(C)(C)C. The fourth-order valence-corrected chi connectivity index (χ4v) is 3.62. The molecule has 0 aliphatic heterocycles. The summed E-state index contributed by atoms with van der Waals surface area (Å²) >= 11 is 0. The summed E-state index contributed by atoms with van der Waals surface area (Å²) in [5.74, 6) is -0.548. The van der Waals surface area contributed by atoms with Gasteiger partial charge in [0.2, 0.25) is 0 Å². The summed E-state index contributed by atoms with van der Waals surface area (Å²) in [6.45, 7) is 8.53. The molecule has 2 aromatic carbocycles. The first-order valence-electron chi connectivity index (χ1n) is 10.1. The van der Waals surface area contributed by atoms with E-state index in [0.717, 1.165) is 0 Å². The highest BCUT2D eigenvalue weighted by molar-refractivity contribution is 7.87. The van der Waals surface area contributed by atoms with E-state index >= 15 is 0 Å². The Balaban J connectivity index is 2.20. The van der Waals surface area contributed by atoms with Gasteiger partial charge in [0.15, 0.2) is 0 Å². The van der Waals surface area contributed by atoms with Gasteiger partial charge in [0.05, 0.1) is 6.10 Å². The molecule has 174 valence electrons. The van der Waals surface area contributed by atoms with Gasteiger partial charge < -0.3 is 19.0 Å². The van der Waals surface area contributed by atoms with Crippen molar-refractivity contribution in [3.8, 4) is 5.75 Å². The van der Waals surface area contributed by atoms with E-state index in [1.165, 1.54) is 24.3 Å². The van der Waals surface area contributed by atoms with Crippen molar-refractivity contribution >= 4 is 22.2 Å². The van der Waals surface area contributed by atoms with Crippen molar-refractivity contribution in [3.63, 3.8) is 0 Å². The molecule has 1 N–H and O–H groups in total. The third-order valence-corrected chi connectivity index (χ3v) is 5.16. The number of carbonyl (C=O) groups is 2. The van der Waals surface area contributed by atoms with Crippen molar-refractivity contribution in [2.24, 2.45) is 0 Å². The van der Waals surface area contributed by atoms with Crippen LogP contribution in [-0.4, -0.2) is 38.2 Å². The molecule has 0 aromatic heterocycles. The summed E-state index contributed by atoms with van der Waals surface area (Å²) in [7, 11) is -4.01. The lowest BCUT2D eigenvalue weighted by Gasteiger charge is -2.23. The molecule has 9 heteroatoms. The van der Waals surface area contributed by atoms with E-state index in [-0.39, 0.29) is 23.2 Å². The van der Waals surface area contributed by atoms with Crippen LogP contribution in [0.1, 0.15) is 40.2 Å². The monoisotopic (exact) mass is 463 g/mol. The van der Waals surface area contributed by atoms with Crippen LogP contribution in [0.5, 0.6) is 5.75 Å². The molecule has 0 aliphatic rings. The van der Waals surface area contributed by atoms with Crippen LogP contribution in [0.4, 0.5) is 4.79 Å². The van der Waals surface area contributed by atoms with E-state index in [1.54, 1.807) is 65.0 Å². The normalized spacial score (nSPS) is 12.7. The first-order valence-corrected chi connectivity index (χ1v) is 11.5. The fourth-order valence-electron chi connectivity index (χ4n) is 2.68. The minimum atomic E-state index is -4.01. The highest BCUT2D eigenvalue weighted by Crippen LogP contribution is 2.21. The van der Waals surface area contributed by atoms with Gasteiger partial charge in [-0.15, -0.1) is 0 Å². The lowest BCUT2D eigenvalue weighted by Crippen LogP contribution is -2.46. The Morgan fingerprint density at radius 1 is 1.00 bits per heavy atom. The number of esters is 1. The molecule has 1 amide bonds. The maximum Gasteiger partial charge on any atom is 0.408 e. The van der Waals surface area contributed by atoms with Crippen molar-refractivity contribution in [3.05, 3.63) is 60.2 Å². The number of benzene rings is 2. The Morgan fingerprint density at radius 2 is 1.66 bits per heavy atom. The smallest absolute Gasteiger partial charge is 0.408 e. The molecule has 0 unspecified atom stereocenters. The number of hydrogen-bond donors (Lipinski definition) is 1. The highest BCUT2D eigenvalue weighted by Gasteiger charge is 2.27. The van der Waals surface area contributed by atoms with Crippen LogP contribution in [0.2, 0.25) is 0 Å². The zero-order chi connectivity index (χ0) is 23.9. The minimum absolute atomic E-state index is 0.0235. The molecular formula is C23H29NO7S. The second-order valence-electron chi connectivity index (χ2n) is 8.39. The number of nitrogens with one attached hydrogen (secondary N) is 1. The summed E-state index contributed by atoms with van der Waals surface area (Å²) in [4.78, 5) is 24.8. The van der Waals surface area contributed by atoms with Crippen LogP contribution >= 0.6 is 0 Å². The molecular weight excluding hydrogens is 434 g/mol. The number of hydrogen-bond acceptors (Lipinski definition) is 7. The minimum Gasteiger partial charge on any atom is -0.461 e. The zero-order valence-corrected chi connectivity index (χ0v) is 19.6. The first-order chi connectivity index (χ1) is 14.9. The van der Waals surface area contributed by atoms with Crippen molar-refractivity contribution < 1.29 is 31.7 Å². The fraction of sp³-hybridized carbons (Fsp3) is 0.391. The van der Waals surface area contributed by atoms with Crippen LogP contribution in [0.25, 0.3) is 0 Å². The molecule has 0 saturated heterocycles. The van der Waals surface area contributed by atoms with Gasteiger partial charge >= 0.3 is 22.2 Å². The summed E-state index contributed by atoms with van der Waals surface area (Å²) < 4.78 is 40.7. The molecule has 0 radical (unpaired) electrons. The van der Waals surface area contributed by atoms with Gasteiger partial charge in [-0.25, -0.2) is 9.59 Å². The predicted molar refractivity (Wildman–Crippen MR) is 119 cm³/mol. The van der Waals surface area contributed by atoms with E-state index in [0.29, 0.717) is 5.56 Å². The van der Waals surface area contributed by atoms with E-state index in [2.05, 4.69) is 5.32 Å². The predicted octanol–water partition coefficient (Wildman–Crippen LogP) is 3.84. The largest absolute Gasteiger partial charge is 0.461 e. The van der Waals surface area contributed by atoms with E-state index < -0.39 is 33.8 Å². The van der Waals surface area contributed by atoms with E-state index in [9.17, 15) is 18.0 Å². The molecule has 0 bridgehead atoms. The molecule has 0 fully saturated rings. The average Bonchev–Trinajstić information content (AvgIpc) is 2.66. The van der Waals surface area contributed by atoms with Crippen LogP contribution in [0.3, 0.4) is 0 Å². The molecule has 0 heterocycles. The van der Waals surface area contributed by atoms with Gasteiger partial charge in [-0.1, -0.05) is 30.3 Å². The van der Waals surface area contributed by atoms with Crippen molar-refractivity contribution in [2.45, 2.75) is 63.7 Å². The maximum absolute atomic E-state index is 12.5. The van der Waals surface area contributed by atoms with Crippen LogP contribution in [0, 0.1) is 0 Å². The van der Waals surface area contributed by atoms with Gasteiger partial charge in [-0.05, 0) is 64.4 Å². The molecule has 0 spiro atoms. The summed E-state index contributed by atoms with van der Waals surface area (Å²) in [5, 5.41) is 2.53. The third kappa shape index (κ3) is 8.22. The Hall–Kier alpha value is -3.07. The van der Waals surface area contributed by atoms with Gasteiger partial charge in [0.1, 0.15) is 22.3 Å². The number of alkyl carbamates (subject to hydrolysis) is 1. The maximum atomic E-state index is 12.5. The lowest BCUT2D eigenvalue weighted by atomic mass is 10.1. The van der Waals surface area contributed by atoms with Gasteiger partial charge in [0, 0.05) is 6.42 Å². The number of amides is 1. The molecule has 0 aliphatic carbocycles. The topological polar surface area (TPSA) is 108 Å². The van der Waals surface area contributed by atoms with E-state index in [4.69, 9.17) is 13.7 Å². The molecule has 8 nitrogen and oxygen atoms in total. The van der Waals surface area contributed by atoms with Gasteiger partial charge in [-0.2, -0.15) is 8.42 Å². The summed E-state index contributed by atoms with van der Waals surface area (Å²) in [6, 6.07) is 13.0. The zero-order valence-electron chi connectivity index (χ0n) is 18.8. The van der Waals surface area contributed by atoms with Crippen LogP contribution < -0.4 is 9.50 Å². The van der Waals surface area contributed by atoms with Crippen molar-refractivity contribution in [2.75, 3.05) is 0 Å². The standard InChI is InChI=1S/C23H29NO7S/c1-16(2)29-21(25)20(24-22(26)30-23(3,4)5)15-17-10-9-11-18(14-17)31-32(27,28)19-12-7-6-8-13-19/h6-14,16,20H,15H2,1-5H3,(H,24,26)/t20-/m0/s1. The summed E-state index contributed by atoms with van der Waals surface area (Å²) in [6.07, 6.45) is -1.09. The van der Waals surface area contributed by atoms with Crippen LogP contribution in [-0.2, 0) is 30.8 Å². The molecule has 1 atom stereocenters. The van der Waals surface area contributed by atoms with Gasteiger partial charge in [0.25, 0.3) is 0 Å². The van der Waals surface area contributed by atoms with Gasteiger partial charge in [-0.3, -0.25) is 0 Å². The quantitative estimate of drug-likeness (QED) is 0.468. The Labute approximate surface area is 189 Å². The third-order valence-electron chi connectivity index (χ3n) is 3.90. The Morgan fingerprint density at radius 3 is 2.25 bits per heavy atom. The van der Waals surface area contributed by atoms with Crippen molar-refractivity contribution in [1.82, 2.24) is 5.32 Å². The number of carbonyl (C=O) groups excluding carboxylic acids is 2. The summed E-state index contributed by atoms with van der Waals surface area (Å²) in [5.41, 5.74) is -0.177. The number of rotatable bonds is 8. The van der Waals surface area contributed by atoms with Crippen molar-refractivity contribution in [1.29, 1.82) is 0 Å². The Kier molecular flexibility index (Phi) is 8.26. The number of ether oxygens (including phenoxy) is 2. The first kappa shape index (κ1) is 25.2. The molecule has 0 saturated carbocycles. The van der Waals surface area contributed by atoms with E-state index in [1.807, 2.05) is 0 Å². The molecule has 2 aromatic rings. The van der Waals surface area contributed by atoms with Crippen LogP contribution in [0.15, 0.2) is 59.5 Å². The molecule has 2 rings (SSSR count). The highest BCUT2D eigenvalue weighted by atomic mass is 32.2. The second kappa shape index (κ2) is 10.5. The Bertz CT molecular complexity index is 1030. The average molecular weight is 464 g/mol.